The van der Waals surface area contributed by atoms with Gasteiger partial charge in [-0.2, -0.15) is 0 Å². The van der Waals surface area contributed by atoms with E-state index >= 15 is 0 Å². The van der Waals surface area contributed by atoms with Gasteiger partial charge in [0.15, 0.2) is 5.16 Å². The predicted octanol–water partition coefficient (Wildman–Crippen LogP) is 6.56. The molecule has 6 rings (SSSR count). The maximum Gasteiger partial charge on any atom is 0.233 e. The van der Waals surface area contributed by atoms with E-state index in [0.717, 1.165) is 51.4 Å². The number of anilines is 1. The molecule has 2 aromatic carbocycles. The summed E-state index contributed by atoms with van der Waals surface area (Å²) in [6, 6.07) is 23.9. The van der Waals surface area contributed by atoms with Crippen LogP contribution in [-0.2, 0) is 4.79 Å². The van der Waals surface area contributed by atoms with Crippen LogP contribution in [0.15, 0.2) is 71.9 Å². The zero-order valence-corrected chi connectivity index (χ0v) is 25.9. The van der Waals surface area contributed by atoms with Crippen LogP contribution in [0.1, 0.15) is 57.2 Å². The standard InChI is InChI=1S/C33H40ClN5OS/c1-32(2)19-26-20-33(3,22-32)23-39(26)29(40)21-41-31-35-27(34)18-28(36-31)37-14-16-38(17-15-37)30(24-10-6-4-7-11-24)25-12-8-5-9-13-25/h4-13,18,26,30H,14-17,19-23H2,1-3H3. The minimum atomic E-state index is 0.188. The first-order chi connectivity index (χ1) is 19.7. The van der Waals surface area contributed by atoms with E-state index in [1.54, 1.807) is 0 Å². The second kappa shape index (κ2) is 11.6. The molecule has 2 aliphatic heterocycles. The number of hydrogen-bond acceptors (Lipinski definition) is 6. The molecule has 3 aliphatic rings. The van der Waals surface area contributed by atoms with E-state index < -0.39 is 0 Å². The average molecular weight is 590 g/mol. The van der Waals surface area contributed by atoms with Gasteiger partial charge in [-0.1, -0.05) is 105 Å². The largest absolute Gasteiger partial charge is 0.354 e. The van der Waals surface area contributed by atoms with E-state index in [1.165, 1.54) is 29.3 Å². The highest BCUT2D eigenvalue weighted by atomic mass is 35.5. The molecule has 2 unspecified atom stereocenters. The molecule has 6 nitrogen and oxygen atoms in total. The van der Waals surface area contributed by atoms with Gasteiger partial charge in [0.05, 0.1) is 11.8 Å². The van der Waals surface area contributed by atoms with Crippen molar-refractivity contribution in [3.05, 3.63) is 83.0 Å². The quantitative estimate of drug-likeness (QED) is 0.177. The van der Waals surface area contributed by atoms with Crippen LogP contribution in [0.2, 0.25) is 5.15 Å². The van der Waals surface area contributed by atoms with Crippen molar-refractivity contribution in [2.45, 2.75) is 57.3 Å². The van der Waals surface area contributed by atoms with Crippen molar-refractivity contribution in [3.8, 4) is 0 Å². The molecule has 1 aromatic heterocycles. The monoisotopic (exact) mass is 589 g/mol. The minimum absolute atomic E-state index is 0.188. The highest BCUT2D eigenvalue weighted by Crippen LogP contribution is 2.52. The Morgan fingerprint density at radius 1 is 0.951 bits per heavy atom. The molecule has 0 radical (unpaired) electrons. The Balaban J connectivity index is 1.10. The van der Waals surface area contributed by atoms with Crippen LogP contribution in [0.4, 0.5) is 5.82 Å². The molecular formula is C33H40ClN5OS. The highest BCUT2D eigenvalue weighted by Gasteiger charge is 2.50. The molecule has 3 fully saturated rings. The summed E-state index contributed by atoms with van der Waals surface area (Å²) in [4.78, 5) is 29.6. The number of likely N-dealkylation sites (tertiary alicyclic amines) is 1. The van der Waals surface area contributed by atoms with Crippen LogP contribution in [0.25, 0.3) is 0 Å². The van der Waals surface area contributed by atoms with Crippen molar-refractivity contribution >= 4 is 35.1 Å². The second-order valence-corrected chi connectivity index (χ2v) is 14.4. The fourth-order valence-electron chi connectivity index (χ4n) is 7.67. The van der Waals surface area contributed by atoms with Gasteiger partial charge in [-0.25, -0.2) is 9.97 Å². The van der Waals surface area contributed by atoms with Gasteiger partial charge in [0, 0.05) is 44.8 Å². The van der Waals surface area contributed by atoms with E-state index in [2.05, 4.69) is 101 Å². The van der Waals surface area contributed by atoms with Gasteiger partial charge in [-0.05, 0) is 41.2 Å². The summed E-state index contributed by atoms with van der Waals surface area (Å²) in [5.41, 5.74) is 3.13. The normalized spacial score (nSPS) is 24.2. The molecule has 41 heavy (non-hydrogen) atoms. The maximum atomic E-state index is 13.3. The van der Waals surface area contributed by atoms with Crippen LogP contribution >= 0.6 is 23.4 Å². The fraction of sp³-hybridized carbons (Fsp3) is 0.485. The third kappa shape index (κ3) is 6.42. The molecule has 0 N–H and O–H groups in total. The lowest BCUT2D eigenvalue weighted by molar-refractivity contribution is -0.129. The molecule has 2 atom stereocenters. The summed E-state index contributed by atoms with van der Waals surface area (Å²) in [6.45, 7) is 11.4. The number of thioether (sulfide) groups is 1. The molecule has 2 bridgehead atoms. The lowest BCUT2D eigenvalue weighted by atomic mass is 9.65. The number of aromatic nitrogens is 2. The summed E-state index contributed by atoms with van der Waals surface area (Å²) < 4.78 is 0. The van der Waals surface area contributed by atoms with Crippen molar-refractivity contribution in [1.82, 2.24) is 19.8 Å². The molecule has 8 heteroatoms. The summed E-state index contributed by atoms with van der Waals surface area (Å²) in [5, 5.41) is 0.994. The van der Waals surface area contributed by atoms with Gasteiger partial charge in [-0.3, -0.25) is 9.69 Å². The number of piperazine rings is 1. The Morgan fingerprint density at radius 3 is 2.22 bits per heavy atom. The first kappa shape index (κ1) is 28.5. The number of carbonyl (C=O) groups excluding carboxylic acids is 1. The Labute approximate surface area is 253 Å². The van der Waals surface area contributed by atoms with Gasteiger partial charge in [0.25, 0.3) is 0 Å². The van der Waals surface area contributed by atoms with E-state index in [4.69, 9.17) is 16.6 Å². The zero-order chi connectivity index (χ0) is 28.6. The molecule has 0 spiro atoms. The molecule has 216 valence electrons. The Morgan fingerprint density at radius 2 is 1.59 bits per heavy atom. The number of carbonyl (C=O) groups is 1. The molecule has 1 aliphatic carbocycles. The number of nitrogens with zero attached hydrogens (tertiary/aromatic N) is 5. The lowest BCUT2D eigenvalue weighted by Gasteiger charge is -2.40. The topological polar surface area (TPSA) is 52.6 Å². The van der Waals surface area contributed by atoms with E-state index in [0.29, 0.717) is 22.1 Å². The Bertz CT molecular complexity index is 1330. The van der Waals surface area contributed by atoms with Crippen molar-refractivity contribution < 1.29 is 4.79 Å². The molecule has 1 saturated carbocycles. The van der Waals surface area contributed by atoms with Crippen LogP contribution in [0.5, 0.6) is 0 Å². The third-order valence-corrected chi connectivity index (χ3v) is 9.98. The lowest BCUT2D eigenvalue weighted by Crippen LogP contribution is -2.48. The molecule has 3 heterocycles. The van der Waals surface area contributed by atoms with Crippen LogP contribution in [-0.4, -0.2) is 70.2 Å². The van der Waals surface area contributed by atoms with E-state index in [1.807, 2.05) is 6.07 Å². The molecule has 1 amide bonds. The number of hydrogen-bond donors (Lipinski definition) is 0. The van der Waals surface area contributed by atoms with E-state index in [9.17, 15) is 4.79 Å². The van der Waals surface area contributed by atoms with Crippen molar-refractivity contribution in [2.75, 3.05) is 43.4 Å². The number of fused-ring (bicyclic) bond motifs is 2. The van der Waals surface area contributed by atoms with Crippen LogP contribution in [0.3, 0.4) is 0 Å². The SMILES string of the molecule is CC1(C)CC2CC(C)(CN2C(=O)CSc2nc(Cl)cc(N3CCN(C(c4ccccc4)c4ccccc4)CC3)n2)C1. The first-order valence-corrected chi connectivity index (χ1v) is 16.1. The zero-order valence-electron chi connectivity index (χ0n) is 24.3. The average Bonchev–Trinajstić information content (AvgIpc) is 3.21. The number of amides is 1. The van der Waals surface area contributed by atoms with Crippen molar-refractivity contribution in [1.29, 1.82) is 0 Å². The minimum Gasteiger partial charge on any atom is -0.354 e. The van der Waals surface area contributed by atoms with Gasteiger partial charge in [0.2, 0.25) is 5.91 Å². The maximum absolute atomic E-state index is 13.3. The van der Waals surface area contributed by atoms with Gasteiger partial charge in [-0.15, -0.1) is 0 Å². The molecular weight excluding hydrogens is 550 g/mol. The van der Waals surface area contributed by atoms with Gasteiger partial charge < -0.3 is 9.80 Å². The predicted molar refractivity (Wildman–Crippen MR) is 168 cm³/mol. The fourth-order valence-corrected chi connectivity index (χ4v) is 8.63. The third-order valence-electron chi connectivity index (χ3n) is 8.95. The number of halogens is 1. The number of benzene rings is 2. The summed E-state index contributed by atoms with van der Waals surface area (Å²) in [7, 11) is 0. The van der Waals surface area contributed by atoms with Crippen molar-refractivity contribution in [3.63, 3.8) is 0 Å². The smallest absolute Gasteiger partial charge is 0.233 e. The van der Waals surface area contributed by atoms with Gasteiger partial charge in [0.1, 0.15) is 11.0 Å². The Hall–Kier alpha value is -2.61. The first-order valence-electron chi connectivity index (χ1n) is 14.7. The summed E-state index contributed by atoms with van der Waals surface area (Å²) in [5.74, 6) is 1.37. The van der Waals surface area contributed by atoms with Crippen LogP contribution in [0, 0.1) is 10.8 Å². The summed E-state index contributed by atoms with van der Waals surface area (Å²) >= 11 is 7.88. The second-order valence-electron chi connectivity index (χ2n) is 13.1. The highest BCUT2D eigenvalue weighted by molar-refractivity contribution is 7.99. The van der Waals surface area contributed by atoms with Crippen LogP contribution < -0.4 is 4.90 Å². The van der Waals surface area contributed by atoms with Crippen molar-refractivity contribution in [2.24, 2.45) is 10.8 Å². The van der Waals surface area contributed by atoms with E-state index in [-0.39, 0.29) is 22.8 Å². The molecule has 2 saturated heterocycles. The molecule has 3 aromatic rings. The van der Waals surface area contributed by atoms with Gasteiger partial charge >= 0.3 is 0 Å². The Kier molecular flexibility index (Phi) is 8.05. The summed E-state index contributed by atoms with van der Waals surface area (Å²) in [6.07, 6.45) is 3.38. The number of rotatable bonds is 7.